The third-order valence-corrected chi connectivity index (χ3v) is 1.03. The van der Waals surface area contributed by atoms with Crippen molar-refractivity contribution in [3.63, 3.8) is 0 Å². The highest BCUT2D eigenvalue weighted by Gasteiger charge is 1.80. The number of unbranched alkanes of at least 4 members (excludes halogenated alkanes) is 1. The normalized spacial score (nSPS) is 9.00. The van der Waals surface area contributed by atoms with E-state index in [0.717, 1.165) is 13.1 Å². The molecule has 0 saturated heterocycles. The van der Waals surface area contributed by atoms with E-state index in [2.05, 4.69) is 20.8 Å². The van der Waals surface area contributed by atoms with Gasteiger partial charge >= 0.3 is 0 Å². The average molecular weight is 205 g/mol. The molecule has 3 nitrogen and oxygen atoms in total. The molecule has 0 spiro atoms. The lowest BCUT2D eigenvalue weighted by Crippen LogP contribution is -2.06. The highest BCUT2D eigenvalue weighted by atomic mass is 14.6. The van der Waals surface area contributed by atoms with Gasteiger partial charge in [0.1, 0.15) is 0 Å². The summed E-state index contributed by atoms with van der Waals surface area (Å²) in [5, 5.41) is 0. The van der Waals surface area contributed by atoms with E-state index in [1.807, 2.05) is 13.8 Å². The molecule has 0 aliphatic carbocycles. The minimum atomic E-state index is 0.333. The molecule has 0 radical (unpaired) electrons. The molecule has 14 heavy (non-hydrogen) atoms. The van der Waals surface area contributed by atoms with Crippen LogP contribution in [0.3, 0.4) is 0 Å². The molecule has 0 heterocycles. The molecule has 0 amide bonds. The summed E-state index contributed by atoms with van der Waals surface area (Å²) in [4.78, 5) is 0. The maximum Gasteiger partial charge on any atom is -0.00179 e. The lowest BCUT2D eigenvalue weighted by atomic mass is 10.2. The van der Waals surface area contributed by atoms with Gasteiger partial charge in [0, 0.05) is 0 Å². The zero-order valence-electron chi connectivity index (χ0n) is 10.7. The van der Waals surface area contributed by atoms with Crippen molar-refractivity contribution in [1.29, 1.82) is 0 Å². The molecular weight excluding hydrogens is 174 g/mol. The highest BCUT2D eigenvalue weighted by molar-refractivity contribution is 4.38. The molecule has 0 unspecified atom stereocenters. The Kier molecular flexibility index (Phi) is 25.9. The number of hydrogen-bond acceptors (Lipinski definition) is 3. The van der Waals surface area contributed by atoms with Gasteiger partial charge in [0.05, 0.1) is 0 Å². The molecular formula is C11H31N3. The fourth-order valence-corrected chi connectivity index (χ4v) is 0.204. The fraction of sp³-hybridized carbons (Fsp3) is 1.00. The summed E-state index contributed by atoms with van der Waals surface area (Å²) in [6, 6.07) is 0.333. The topological polar surface area (TPSA) is 78.1 Å². The fourth-order valence-electron chi connectivity index (χ4n) is 0.204. The van der Waals surface area contributed by atoms with Crippen LogP contribution in [-0.4, -0.2) is 19.1 Å². The second-order valence-corrected chi connectivity index (χ2v) is 4.02. The van der Waals surface area contributed by atoms with E-state index in [-0.39, 0.29) is 0 Å². The van der Waals surface area contributed by atoms with Crippen molar-refractivity contribution in [1.82, 2.24) is 0 Å². The van der Waals surface area contributed by atoms with Gasteiger partial charge in [-0.1, -0.05) is 41.0 Å². The number of nitrogens with two attached hydrogens (primary N) is 3. The average Bonchev–Trinajstić information content (AvgIpc) is 2.06. The largest absolute Gasteiger partial charge is 0.330 e. The van der Waals surface area contributed by atoms with Crippen LogP contribution in [0.1, 0.15) is 47.5 Å². The molecule has 3 heteroatoms. The Labute approximate surface area is 90.4 Å². The van der Waals surface area contributed by atoms with Crippen molar-refractivity contribution < 1.29 is 0 Å². The molecule has 0 aromatic carbocycles. The minimum Gasteiger partial charge on any atom is -0.330 e. The van der Waals surface area contributed by atoms with Crippen molar-refractivity contribution >= 4 is 0 Å². The SMILES string of the molecule is CC(C)CN.CC(C)N.CCCCN. The molecule has 0 saturated carbocycles. The first-order chi connectivity index (χ1) is 6.42. The summed E-state index contributed by atoms with van der Waals surface area (Å²) < 4.78 is 0. The van der Waals surface area contributed by atoms with E-state index in [4.69, 9.17) is 17.2 Å². The van der Waals surface area contributed by atoms with E-state index in [1.54, 1.807) is 0 Å². The first kappa shape index (κ1) is 19.5. The summed E-state index contributed by atoms with van der Waals surface area (Å²) in [7, 11) is 0. The van der Waals surface area contributed by atoms with E-state index >= 15 is 0 Å². The Balaban J connectivity index is -0.000000131. The lowest BCUT2D eigenvalue weighted by molar-refractivity contribution is 0.664. The van der Waals surface area contributed by atoms with Crippen LogP contribution in [0.15, 0.2) is 0 Å². The van der Waals surface area contributed by atoms with Crippen LogP contribution >= 0.6 is 0 Å². The van der Waals surface area contributed by atoms with Gasteiger partial charge in [0.25, 0.3) is 0 Å². The Morgan fingerprint density at radius 3 is 1.29 bits per heavy atom. The number of rotatable bonds is 3. The van der Waals surface area contributed by atoms with Crippen LogP contribution in [0, 0.1) is 5.92 Å². The van der Waals surface area contributed by atoms with Crippen LogP contribution in [0.2, 0.25) is 0 Å². The zero-order valence-corrected chi connectivity index (χ0v) is 10.7. The van der Waals surface area contributed by atoms with Gasteiger partial charge in [-0.05, 0) is 31.5 Å². The molecule has 90 valence electrons. The highest BCUT2D eigenvalue weighted by Crippen LogP contribution is 1.81. The van der Waals surface area contributed by atoms with Crippen molar-refractivity contribution in [3.8, 4) is 0 Å². The molecule has 0 aromatic rings. The summed E-state index contributed by atoms with van der Waals surface area (Å²) >= 11 is 0. The number of hydrogen-bond donors (Lipinski definition) is 3. The molecule has 0 fully saturated rings. The van der Waals surface area contributed by atoms with Crippen molar-refractivity contribution in [2.75, 3.05) is 13.1 Å². The Morgan fingerprint density at radius 1 is 1.00 bits per heavy atom. The predicted molar refractivity (Wildman–Crippen MR) is 67.2 cm³/mol. The Hall–Kier alpha value is -0.120. The van der Waals surface area contributed by atoms with Crippen molar-refractivity contribution in [3.05, 3.63) is 0 Å². The molecule has 0 aromatic heterocycles. The van der Waals surface area contributed by atoms with Crippen LogP contribution in [0.5, 0.6) is 0 Å². The third-order valence-electron chi connectivity index (χ3n) is 1.03. The first-order valence-corrected chi connectivity index (χ1v) is 5.57. The Morgan fingerprint density at radius 2 is 1.29 bits per heavy atom. The van der Waals surface area contributed by atoms with E-state index in [1.165, 1.54) is 12.8 Å². The van der Waals surface area contributed by atoms with Gasteiger partial charge in [-0.3, -0.25) is 0 Å². The quantitative estimate of drug-likeness (QED) is 0.656. The molecule has 0 bridgehead atoms. The molecule has 6 N–H and O–H groups in total. The maximum absolute atomic E-state index is 5.17. The van der Waals surface area contributed by atoms with Gasteiger partial charge in [-0.15, -0.1) is 0 Å². The van der Waals surface area contributed by atoms with Gasteiger partial charge in [0.2, 0.25) is 0 Å². The zero-order chi connectivity index (χ0) is 12.0. The minimum absolute atomic E-state index is 0.333. The van der Waals surface area contributed by atoms with Gasteiger partial charge < -0.3 is 17.2 Å². The summed E-state index contributed by atoms with van der Waals surface area (Å²) in [6.45, 7) is 11.9. The van der Waals surface area contributed by atoms with Gasteiger partial charge in [0.15, 0.2) is 0 Å². The molecule has 0 aliphatic heterocycles. The molecule has 0 aliphatic rings. The standard InChI is InChI=1S/2C4H11N.C3H9N/c1-4(2)3-5;1-2-3-4-5;1-3(2)4/h4H,3,5H2,1-2H3;2-5H2,1H3;3H,4H2,1-2H3. The molecule has 0 rings (SSSR count). The first-order valence-electron chi connectivity index (χ1n) is 5.57. The van der Waals surface area contributed by atoms with Gasteiger partial charge in [-0.2, -0.15) is 0 Å². The molecule has 0 atom stereocenters. The summed E-state index contributed by atoms with van der Waals surface area (Å²) in [6.07, 6.45) is 2.39. The second-order valence-electron chi connectivity index (χ2n) is 4.02. The van der Waals surface area contributed by atoms with Gasteiger partial charge in [-0.25, -0.2) is 0 Å². The van der Waals surface area contributed by atoms with Crippen molar-refractivity contribution in [2.45, 2.75) is 53.5 Å². The third kappa shape index (κ3) is 93.4. The maximum atomic E-state index is 5.17. The lowest BCUT2D eigenvalue weighted by Gasteiger charge is -1.91. The monoisotopic (exact) mass is 205 g/mol. The van der Waals surface area contributed by atoms with Crippen LogP contribution in [0.4, 0.5) is 0 Å². The summed E-state index contributed by atoms with van der Waals surface area (Å²) in [5.41, 5.74) is 15.4. The van der Waals surface area contributed by atoms with Crippen LogP contribution in [0.25, 0.3) is 0 Å². The predicted octanol–water partition coefficient (Wildman–Crippen LogP) is 1.70. The van der Waals surface area contributed by atoms with Crippen molar-refractivity contribution in [2.24, 2.45) is 23.1 Å². The van der Waals surface area contributed by atoms with Crippen LogP contribution < -0.4 is 17.2 Å². The smallest absolute Gasteiger partial charge is 0.00179 e. The van der Waals surface area contributed by atoms with E-state index in [0.29, 0.717) is 12.0 Å². The van der Waals surface area contributed by atoms with Crippen LogP contribution in [-0.2, 0) is 0 Å². The second kappa shape index (κ2) is 18.6. The summed E-state index contributed by atoms with van der Waals surface area (Å²) in [5.74, 6) is 0.662. The Bertz CT molecular complexity index is 68.2. The van der Waals surface area contributed by atoms with E-state index < -0.39 is 0 Å². The van der Waals surface area contributed by atoms with E-state index in [9.17, 15) is 0 Å².